The maximum absolute atomic E-state index is 12.0. The molecule has 0 spiro atoms. The van der Waals surface area contributed by atoms with Crippen molar-refractivity contribution >= 4 is 35.8 Å². The molecule has 1 rings (SSSR count). The van der Waals surface area contributed by atoms with Crippen LogP contribution in [0.2, 0.25) is 0 Å². The molecule has 192 valence electrons. The highest BCUT2D eigenvalue weighted by molar-refractivity contribution is 5.78. The van der Waals surface area contributed by atoms with Gasteiger partial charge in [0, 0.05) is 27.7 Å². The van der Waals surface area contributed by atoms with Crippen molar-refractivity contribution in [3.63, 3.8) is 0 Å². The van der Waals surface area contributed by atoms with Crippen molar-refractivity contribution in [2.45, 2.75) is 70.4 Å². The molecule has 1 aliphatic heterocycles. The Morgan fingerprint density at radius 1 is 1.00 bits per heavy atom. The molecular weight excluding hydrogens is 466 g/mol. The summed E-state index contributed by atoms with van der Waals surface area (Å²) < 4.78 is 25.4. The summed E-state index contributed by atoms with van der Waals surface area (Å²) in [6.45, 7) is 2.19. The van der Waals surface area contributed by atoms with Gasteiger partial charge in [0.1, 0.15) is 25.4 Å². The minimum Gasteiger partial charge on any atom is -0.477 e. The van der Waals surface area contributed by atoms with Gasteiger partial charge in [-0.25, -0.2) is 4.79 Å². The number of carboxylic acid groups (broad SMARTS) is 1. The third-order valence-electron chi connectivity index (χ3n) is 4.45. The van der Waals surface area contributed by atoms with E-state index in [1.54, 1.807) is 0 Å². The van der Waals surface area contributed by atoms with Crippen LogP contribution in [0.5, 0.6) is 0 Å². The standard InChI is InChI=1S/C19H27NO14/c1-8(22)30-7-13(32-10(3)24)16(33-11(4)25)17-15(20-14(26)6-21)12(31-9(2)23)5-19(29,34-17)18(27)28/h12-13,15-17,21,29H,5-7H2,1-4H3,(H,20,26)(H,27,28)/t12-,13+,15+,16+,17+,19?/m0/s1. The van der Waals surface area contributed by atoms with Crippen LogP contribution in [0.25, 0.3) is 0 Å². The smallest absolute Gasteiger partial charge is 0.364 e. The monoisotopic (exact) mass is 493 g/mol. The van der Waals surface area contributed by atoms with Gasteiger partial charge in [-0.2, -0.15) is 0 Å². The van der Waals surface area contributed by atoms with E-state index in [-0.39, 0.29) is 0 Å². The van der Waals surface area contributed by atoms with E-state index in [1.807, 2.05) is 0 Å². The van der Waals surface area contributed by atoms with E-state index in [0.717, 1.165) is 27.7 Å². The van der Waals surface area contributed by atoms with Crippen LogP contribution in [0.15, 0.2) is 0 Å². The number of hydrogen-bond acceptors (Lipinski definition) is 13. The lowest BCUT2D eigenvalue weighted by molar-refractivity contribution is -0.298. The van der Waals surface area contributed by atoms with E-state index < -0.39 is 91.6 Å². The fourth-order valence-electron chi connectivity index (χ4n) is 3.26. The first-order chi connectivity index (χ1) is 15.7. The molecule has 1 amide bonds. The highest BCUT2D eigenvalue weighted by Gasteiger charge is 2.57. The van der Waals surface area contributed by atoms with Gasteiger partial charge in [-0.3, -0.25) is 24.0 Å². The van der Waals surface area contributed by atoms with E-state index in [9.17, 15) is 39.0 Å². The Balaban J connectivity index is 3.63. The number of aliphatic hydroxyl groups is 2. The Morgan fingerprint density at radius 2 is 1.59 bits per heavy atom. The summed E-state index contributed by atoms with van der Waals surface area (Å²) in [6, 6.07) is -1.53. The maximum atomic E-state index is 12.0. The Morgan fingerprint density at radius 3 is 2.03 bits per heavy atom. The molecule has 0 aromatic heterocycles. The van der Waals surface area contributed by atoms with Gasteiger partial charge in [-0.05, 0) is 0 Å². The summed E-state index contributed by atoms with van der Waals surface area (Å²) in [5, 5.41) is 31.5. The summed E-state index contributed by atoms with van der Waals surface area (Å²) in [5.74, 6) is -9.60. The van der Waals surface area contributed by atoms with Crippen molar-refractivity contribution in [3.05, 3.63) is 0 Å². The Kier molecular flexibility index (Phi) is 10.3. The lowest BCUT2D eigenvalue weighted by Crippen LogP contribution is -2.69. The third kappa shape index (κ3) is 8.24. The molecule has 1 fully saturated rings. The Labute approximate surface area is 193 Å². The fourth-order valence-corrected chi connectivity index (χ4v) is 3.26. The number of carbonyl (C=O) groups is 6. The van der Waals surface area contributed by atoms with E-state index in [0.29, 0.717) is 0 Å². The van der Waals surface area contributed by atoms with Gasteiger partial charge in [0.05, 0.1) is 12.5 Å². The molecule has 15 nitrogen and oxygen atoms in total. The molecule has 1 heterocycles. The second-order valence-corrected chi connectivity index (χ2v) is 7.30. The van der Waals surface area contributed by atoms with Crippen molar-refractivity contribution in [1.29, 1.82) is 0 Å². The average molecular weight is 493 g/mol. The topological polar surface area (TPSA) is 221 Å². The number of rotatable bonds is 10. The normalized spacial score (nSPS) is 25.8. The molecular formula is C19H27NO14. The van der Waals surface area contributed by atoms with Gasteiger partial charge in [-0.1, -0.05) is 0 Å². The van der Waals surface area contributed by atoms with Gasteiger partial charge < -0.3 is 44.3 Å². The highest BCUT2D eigenvalue weighted by atomic mass is 16.7. The first-order valence-corrected chi connectivity index (χ1v) is 9.89. The van der Waals surface area contributed by atoms with Gasteiger partial charge in [-0.15, -0.1) is 0 Å². The van der Waals surface area contributed by atoms with Crippen LogP contribution in [0.1, 0.15) is 34.1 Å². The molecule has 0 bridgehead atoms. The van der Waals surface area contributed by atoms with Crippen LogP contribution in [0.4, 0.5) is 0 Å². The van der Waals surface area contributed by atoms with Crippen molar-refractivity contribution < 1.29 is 67.8 Å². The summed E-state index contributed by atoms with van der Waals surface area (Å²) in [5.41, 5.74) is 0. The number of esters is 4. The number of hydrogen-bond donors (Lipinski definition) is 4. The van der Waals surface area contributed by atoms with Crippen molar-refractivity contribution in [2.24, 2.45) is 0 Å². The van der Waals surface area contributed by atoms with Crippen LogP contribution in [0, 0.1) is 0 Å². The molecule has 0 aromatic rings. The molecule has 6 atom stereocenters. The summed E-state index contributed by atoms with van der Waals surface area (Å²) in [6.07, 6.45) is -7.70. The van der Waals surface area contributed by atoms with Gasteiger partial charge in [0.15, 0.2) is 12.2 Å². The molecule has 0 aliphatic carbocycles. The minimum absolute atomic E-state index is 0.697. The predicted octanol–water partition coefficient (Wildman–Crippen LogP) is -2.62. The van der Waals surface area contributed by atoms with E-state index >= 15 is 0 Å². The number of carboxylic acids is 1. The predicted molar refractivity (Wildman–Crippen MR) is 104 cm³/mol. The molecule has 1 unspecified atom stereocenters. The van der Waals surface area contributed by atoms with Gasteiger partial charge in [0.2, 0.25) is 5.91 Å². The van der Waals surface area contributed by atoms with E-state index in [4.69, 9.17) is 28.8 Å². The number of aliphatic carboxylic acids is 1. The highest BCUT2D eigenvalue weighted by Crippen LogP contribution is 2.34. The lowest BCUT2D eigenvalue weighted by Gasteiger charge is -2.46. The summed E-state index contributed by atoms with van der Waals surface area (Å²) in [4.78, 5) is 70.2. The van der Waals surface area contributed by atoms with Crippen LogP contribution in [0.3, 0.4) is 0 Å². The minimum atomic E-state index is -3.01. The summed E-state index contributed by atoms with van der Waals surface area (Å²) in [7, 11) is 0. The molecule has 0 radical (unpaired) electrons. The van der Waals surface area contributed by atoms with Gasteiger partial charge >= 0.3 is 29.8 Å². The maximum Gasteiger partial charge on any atom is 0.364 e. The van der Waals surface area contributed by atoms with Crippen LogP contribution in [-0.2, 0) is 52.5 Å². The molecule has 0 saturated carbocycles. The van der Waals surface area contributed by atoms with Gasteiger partial charge in [0.25, 0.3) is 5.79 Å². The zero-order valence-electron chi connectivity index (χ0n) is 18.8. The Bertz CT molecular complexity index is 813. The van der Waals surface area contributed by atoms with Crippen molar-refractivity contribution in [3.8, 4) is 0 Å². The fraction of sp³-hybridized carbons (Fsp3) is 0.684. The first kappa shape index (κ1) is 28.7. The number of nitrogens with one attached hydrogen (secondary N) is 1. The Hall–Kier alpha value is -3.30. The average Bonchev–Trinajstić information content (AvgIpc) is 2.70. The SMILES string of the molecule is CC(=O)OC[C@@H](OC(C)=O)[C@@H](OC(C)=O)[C@@H]1OC(O)(C(=O)O)C[C@H](OC(C)=O)[C@H]1NC(=O)CO. The first-order valence-electron chi connectivity index (χ1n) is 9.89. The molecule has 1 saturated heterocycles. The number of amides is 1. The van der Waals surface area contributed by atoms with Crippen LogP contribution < -0.4 is 5.32 Å². The molecule has 0 aromatic carbocycles. The molecule has 15 heteroatoms. The molecule has 1 aliphatic rings. The molecule has 34 heavy (non-hydrogen) atoms. The molecule has 4 N–H and O–H groups in total. The zero-order valence-corrected chi connectivity index (χ0v) is 18.8. The number of ether oxygens (including phenoxy) is 5. The number of aliphatic hydroxyl groups excluding tert-OH is 1. The quantitative estimate of drug-likeness (QED) is 0.181. The van der Waals surface area contributed by atoms with Crippen molar-refractivity contribution in [2.75, 3.05) is 13.2 Å². The second kappa shape index (κ2) is 12.2. The number of carbonyl (C=O) groups excluding carboxylic acids is 5. The largest absolute Gasteiger partial charge is 0.477 e. The zero-order chi connectivity index (χ0) is 26.2. The van der Waals surface area contributed by atoms with Crippen LogP contribution >= 0.6 is 0 Å². The third-order valence-corrected chi connectivity index (χ3v) is 4.45. The lowest BCUT2D eigenvalue weighted by atomic mass is 9.88. The second-order valence-electron chi connectivity index (χ2n) is 7.30. The van der Waals surface area contributed by atoms with Crippen LogP contribution in [-0.4, -0.2) is 101 Å². The van der Waals surface area contributed by atoms with E-state index in [1.165, 1.54) is 0 Å². The van der Waals surface area contributed by atoms with E-state index in [2.05, 4.69) is 5.32 Å². The summed E-state index contributed by atoms with van der Waals surface area (Å²) >= 11 is 0. The van der Waals surface area contributed by atoms with Crippen molar-refractivity contribution in [1.82, 2.24) is 5.32 Å².